The van der Waals surface area contributed by atoms with Gasteiger partial charge in [0.1, 0.15) is 0 Å². The van der Waals surface area contributed by atoms with Crippen molar-refractivity contribution in [2.75, 3.05) is 26.7 Å². The predicted octanol–water partition coefficient (Wildman–Crippen LogP) is 3.94. The van der Waals surface area contributed by atoms with Gasteiger partial charge in [0.25, 0.3) is 0 Å². The average molecular weight is 238 g/mol. The van der Waals surface area contributed by atoms with E-state index in [4.69, 9.17) is 0 Å². The third kappa shape index (κ3) is 3.05. The molecule has 0 aromatic carbocycles. The number of nitrogens with zero attached hydrogens (tertiary/aromatic N) is 1. The van der Waals surface area contributed by atoms with Crippen molar-refractivity contribution < 1.29 is 4.48 Å². The molecule has 0 amide bonds. The van der Waals surface area contributed by atoms with Crippen LogP contribution in [0.5, 0.6) is 0 Å². The van der Waals surface area contributed by atoms with Gasteiger partial charge in [0.2, 0.25) is 0 Å². The van der Waals surface area contributed by atoms with E-state index >= 15 is 0 Å². The molecular formula is C16H32N+. The van der Waals surface area contributed by atoms with Crippen molar-refractivity contribution in [2.24, 2.45) is 23.2 Å². The van der Waals surface area contributed by atoms with Crippen LogP contribution in [0.4, 0.5) is 0 Å². The molecule has 1 nitrogen and oxygen atoms in total. The summed E-state index contributed by atoms with van der Waals surface area (Å²) in [6.45, 7) is 14.1. The molecule has 1 heteroatoms. The van der Waals surface area contributed by atoms with E-state index in [1.807, 2.05) is 0 Å². The van der Waals surface area contributed by atoms with Crippen molar-refractivity contribution in [1.29, 1.82) is 0 Å². The van der Waals surface area contributed by atoms with Crippen LogP contribution in [-0.2, 0) is 0 Å². The molecule has 2 rings (SSSR count). The highest BCUT2D eigenvalue weighted by atomic mass is 15.4. The van der Waals surface area contributed by atoms with Crippen molar-refractivity contribution in [1.82, 2.24) is 0 Å². The first-order valence-electron chi connectivity index (χ1n) is 7.67. The largest absolute Gasteiger partial charge is 0.326 e. The Balaban J connectivity index is 2.07. The van der Waals surface area contributed by atoms with Gasteiger partial charge in [-0.15, -0.1) is 0 Å². The second-order valence-electron chi connectivity index (χ2n) is 8.10. The van der Waals surface area contributed by atoms with Crippen LogP contribution < -0.4 is 0 Å². The van der Waals surface area contributed by atoms with Crippen LogP contribution in [0.3, 0.4) is 0 Å². The van der Waals surface area contributed by atoms with E-state index in [2.05, 4.69) is 34.7 Å². The van der Waals surface area contributed by atoms with Gasteiger partial charge in [-0.25, -0.2) is 0 Å². The Kier molecular flexibility index (Phi) is 3.60. The minimum absolute atomic E-state index is 0.592. The summed E-state index contributed by atoms with van der Waals surface area (Å²) in [6.07, 6.45) is 5.74. The summed E-state index contributed by atoms with van der Waals surface area (Å²) in [5.41, 5.74) is 0.592. The van der Waals surface area contributed by atoms with Crippen LogP contribution in [0.15, 0.2) is 0 Å². The number of rotatable bonds is 3. The Morgan fingerprint density at radius 1 is 1.29 bits per heavy atom. The number of hydrogen-bond donors (Lipinski definition) is 0. The third-order valence-corrected chi connectivity index (χ3v) is 5.56. The Morgan fingerprint density at radius 3 is 2.65 bits per heavy atom. The maximum Gasteiger partial charge on any atom is 0.0818 e. The number of fused-ring (bicyclic) bond motifs is 2. The molecule has 4 unspecified atom stereocenters. The zero-order chi connectivity index (χ0) is 12.7. The first-order chi connectivity index (χ1) is 7.84. The quantitative estimate of drug-likeness (QED) is 0.653. The second-order valence-corrected chi connectivity index (χ2v) is 8.10. The molecule has 0 N–H and O–H groups in total. The van der Waals surface area contributed by atoms with Crippen LogP contribution in [0, 0.1) is 23.2 Å². The van der Waals surface area contributed by atoms with Gasteiger partial charge in [-0.2, -0.15) is 0 Å². The molecule has 4 atom stereocenters. The number of hydrogen-bond acceptors (Lipinski definition) is 0. The van der Waals surface area contributed by atoms with E-state index < -0.39 is 0 Å². The molecule has 2 saturated heterocycles. The zero-order valence-electron chi connectivity index (χ0n) is 12.6. The topological polar surface area (TPSA) is 0 Å². The normalized spacial score (nSPS) is 42.2. The van der Waals surface area contributed by atoms with Gasteiger partial charge in [0.05, 0.1) is 26.7 Å². The van der Waals surface area contributed by atoms with Crippen molar-refractivity contribution >= 4 is 0 Å². The average Bonchev–Trinajstić information content (AvgIpc) is 2.45. The van der Waals surface area contributed by atoms with Crippen LogP contribution in [0.25, 0.3) is 0 Å². The monoisotopic (exact) mass is 238 g/mol. The summed E-state index contributed by atoms with van der Waals surface area (Å²) in [4.78, 5) is 0. The molecule has 2 heterocycles. The fourth-order valence-corrected chi connectivity index (χ4v) is 4.25. The summed E-state index contributed by atoms with van der Waals surface area (Å²) in [5, 5.41) is 0. The first kappa shape index (κ1) is 13.4. The fraction of sp³-hybridized carbons (Fsp3) is 1.00. The van der Waals surface area contributed by atoms with Crippen LogP contribution in [-0.4, -0.2) is 31.2 Å². The van der Waals surface area contributed by atoms with Crippen LogP contribution in [0.2, 0.25) is 0 Å². The third-order valence-electron chi connectivity index (χ3n) is 5.56. The van der Waals surface area contributed by atoms with Crippen molar-refractivity contribution in [3.05, 3.63) is 0 Å². The number of quaternary nitrogens is 1. The Hall–Kier alpha value is -0.0400. The van der Waals surface area contributed by atoms with Gasteiger partial charge >= 0.3 is 0 Å². The molecule has 2 aliphatic heterocycles. The SMILES string of the molecule is CCC(C)CC1C[N+]2(C)CCC(C)(C)CC1C2. The van der Waals surface area contributed by atoms with Gasteiger partial charge in [0.15, 0.2) is 0 Å². The lowest BCUT2D eigenvalue weighted by atomic mass is 9.75. The standard InChI is InChI=1S/C16H32N/c1-6-13(2)9-14-11-17(5)8-7-16(3,4)10-15(14)12-17/h13-15H,6-12H2,1-5H3/q+1. The van der Waals surface area contributed by atoms with Crippen LogP contribution in [0.1, 0.15) is 53.4 Å². The summed E-state index contributed by atoms with van der Waals surface area (Å²) < 4.78 is 1.37. The fourth-order valence-electron chi connectivity index (χ4n) is 4.25. The highest BCUT2D eigenvalue weighted by Gasteiger charge is 2.47. The molecule has 0 aliphatic carbocycles. The van der Waals surface area contributed by atoms with Gasteiger partial charge in [0, 0.05) is 18.3 Å². The summed E-state index contributed by atoms with van der Waals surface area (Å²) in [5.74, 6) is 2.94. The predicted molar refractivity (Wildman–Crippen MR) is 74.9 cm³/mol. The second kappa shape index (κ2) is 4.57. The van der Waals surface area contributed by atoms with Gasteiger partial charge in [-0.05, 0) is 24.2 Å². The Morgan fingerprint density at radius 2 is 2.00 bits per heavy atom. The Bertz CT molecular complexity index is 271. The van der Waals surface area contributed by atoms with Gasteiger partial charge < -0.3 is 4.48 Å². The minimum Gasteiger partial charge on any atom is -0.326 e. The summed E-state index contributed by atoms with van der Waals surface area (Å²) in [6, 6.07) is 0. The first-order valence-corrected chi connectivity index (χ1v) is 7.67. The summed E-state index contributed by atoms with van der Waals surface area (Å²) >= 11 is 0. The minimum atomic E-state index is 0.592. The molecule has 0 saturated carbocycles. The van der Waals surface area contributed by atoms with Crippen molar-refractivity contribution in [2.45, 2.75) is 53.4 Å². The van der Waals surface area contributed by atoms with E-state index in [0.717, 1.165) is 17.8 Å². The lowest BCUT2D eigenvalue weighted by Crippen LogP contribution is -2.43. The summed E-state index contributed by atoms with van der Waals surface area (Å²) in [7, 11) is 2.50. The van der Waals surface area contributed by atoms with E-state index in [-0.39, 0.29) is 0 Å². The smallest absolute Gasteiger partial charge is 0.0818 e. The molecule has 100 valence electrons. The molecule has 2 fully saturated rings. The highest BCUT2D eigenvalue weighted by Crippen LogP contribution is 2.45. The molecule has 2 bridgehead atoms. The maximum atomic E-state index is 2.50. The lowest BCUT2D eigenvalue weighted by molar-refractivity contribution is -0.900. The van der Waals surface area contributed by atoms with Gasteiger partial charge in [-0.3, -0.25) is 0 Å². The molecule has 0 radical (unpaired) electrons. The van der Waals surface area contributed by atoms with E-state index in [1.165, 1.54) is 49.8 Å². The van der Waals surface area contributed by atoms with E-state index in [1.54, 1.807) is 0 Å². The molecule has 17 heavy (non-hydrogen) atoms. The van der Waals surface area contributed by atoms with Crippen molar-refractivity contribution in [3.63, 3.8) is 0 Å². The zero-order valence-corrected chi connectivity index (χ0v) is 12.6. The van der Waals surface area contributed by atoms with Crippen molar-refractivity contribution in [3.8, 4) is 0 Å². The van der Waals surface area contributed by atoms with E-state index in [9.17, 15) is 0 Å². The van der Waals surface area contributed by atoms with Gasteiger partial charge in [-0.1, -0.05) is 34.1 Å². The highest BCUT2D eigenvalue weighted by molar-refractivity contribution is 4.86. The molecule has 2 aliphatic rings. The molecule has 0 aromatic heterocycles. The Labute approximate surface area is 108 Å². The molecular weight excluding hydrogens is 206 g/mol. The maximum absolute atomic E-state index is 2.50. The lowest BCUT2D eigenvalue weighted by Gasteiger charge is -2.34. The van der Waals surface area contributed by atoms with Crippen LogP contribution >= 0.6 is 0 Å². The van der Waals surface area contributed by atoms with E-state index in [0.29, 0.717) is 5.41 Å². The molecule has 0 aromatic rings. The molecule has 0 spiro atoms.